The van der Waals surface area contributed by atoms with E-state index >= 15 is 0 Å². The van der Waals surface area contributed by atoms with Gasteiger partial charge in [-0.1, -0.05) is 38.1 Å². The number of fused-ring (bicyclic) bond motifs is 1. The minimum Gasteiger partial charge on any atom is -0.378 e. The molecule has 3 atom stereocenters. The van der Waals surface area contributed by atoms with E-state index in [0.29, 0.717) is 25.5 Å². The molecule has 0 radical (unpaired) electrons. The molecule has 1 amide bonds. The fraction of sp³-hybridized carbons (Fsp3) is 0.632. The first-order chi connectivity index (χ1) is 10.9. The van der Waals surface area contributed by atoms with Crippen molar-refractivity contribution in [1.82, 2.24) is 5.32 Å². The van der Waals surface area contributed by atoms with Crippen LogP contribution in [0.1, 0.15) is 50.7 Å². The molecule has 0 spiro atoms. The predicted octanol–water partition coefficient (Wildman–Crippen LogP) is 2.79. The van der Waals surface area contributed by atoms with Gasteiger partial charge in [0.15, 0.2) is 0 Å². The number of nitrogens with one attached hydrogen (secondary N) is 1. The highest BCUT2D eigenvalue weighted by Gasteiger charge is 2.62. The summed E-state index contributed by atoms with van der Waals surface area (Å²) in [6.07, 6.45) is 2.86. The highest BCUT2D eigenvalue weighted by molar-refractivity contribution is 5.88. The summed E-state index contributed by atoms with van der Waals surface area (Å²) < 4.78 is 5.70. The summed E-state index contributed by atoms with van der Waals surface area (Å²) in [7, 11) is 0. The number of hydrogen-bond donors (Lipinski definition) is 2. The van der Waals surface area contributed by atoms with Crippen molar-refractivity contribution in [2.24, 2.45) is 11.1 Å². The average Bonchev–Trinajstić information content (AvgIpc) is 2.95. The fourth-order valence-corrected chi connectivity index (χ4v) is 4.05. The van der Waals surface area contributed by atoms with Gasteiger partial charge in [0.25, 0.3) is 0 Å². The number of hydrogen-bond acceptors (Lipinski definition) is 3. The van der Waals surface area contributed by atoms with Crippen LogP contribution in [0.2, 0.25) is 0 Å². The smallest absolute Gasteiger partial charge is 0.240 e. The molecule has 134 valence electrons. The third-order valence-corrected chi connectivity index (χ3v) is 6.00. The van der Waals surface area contributed by atoms with Crippen LogP contribution in [-0.4, -0.2) is 30.7 Å². The molecule has 2 aliphatic carbocycles. The third kappa shape index (κ3) is 2.96. The number of nitrogens with two attached hydrogens (primary N) is 1. The predicted molar refractivity (Wildman–Crippen MR) is 98.5 cm³/mol. The minimum absolute atomic E-state index is 0. The van der Waals surface area contributed by atoms with Crippen molar-refractivity contribution >= 4 is 18.3 Å². The molecule has 1 aromatic carbocycles. The largest absolute Gasteiger partial charge is 0.378 e. The zero-order valence-corrected chi connectivity index (χ0v) is 15.6. The fourth-order valence-electron chi connectivity index (χ4n) is 4.05. The zero-order valence-electron chi connectivity index (χ0n) is 14.8. The second-order valence-electron chi connectivity index (χ2n) is 7.49. The lowest BCUT2D eigenvalue weighted by Gasteiger charge is -2.57. The Labute approximate surface area is 150 Å². The Hall–Kier alpha value is -1.10. The Morgan fingerprint density at radius 3 is 2.75 bits per heavy atom. The summed E-state index contributed by atoms with van der Waals surface area (Å²) >= 11 is 0. The number of ether oxygens (including phenoxy) is 1. The summed E-state index contributed by atoms with van der Waals surface area (Å²) in [6.45, 7) is 7.36. The molecule has 0 saturated heterocycles. The van der Waals surface area contributed by atoms with Gasteiger partial charge < -0.3 is 15.8 Å². The molecule has 0 aliphatic heterocycles. The van der Waals surface area contributed by atoms with E-state index in [1.807, 2.05) is 20.8 Å². The zero-order chi connectivity index (χ0) is 16.7. The van der Waals surface area contributed by atoms with Crippen LogP contribution in [-0.2, 0) is 16.0 Å². The number of amides is 1. The van der Waals surface area contributed by atoms with Crippen LogP contribution in [0.3, 0.4) is 0 Å². The van der Waals surface area contributed by atoms with Gasteiger partial charge in [0.1, 0.15) is 5.54 Å². The molecule has 24 heavy (non-hydrogen) atoms. The first-order valence-corrected chi connectivity index (χ1v) is 8.66. The average molecular weight is 353 g/mol. The lowest BCUT2D eigenvalue weighted by Crippen LogP contribution is -2.75. The Morgan fingerprint density at radius 2 is 2.08 bits per heavy atom. The number of aryl methyl sites for hydroxylation is 1. The van der Waals surface area contributed by atoms with Gasteiger partial charge in [-0.25, -0.2) is 0 Å². The molecule has 0 bridgehead atoms. The van der Waals surface area contributed by atoms with E-state index in [2.05, 4.69) is 29.6 Å². The van der Waals surface area contributed by atoms with E-state index in [0.717, 1.165) is 12.8 Å². The second-order valence-corrected chi connectivity index (χ2v) is 7.49. The summed E-state index contributed by atoms with van der Waals surface area (Å²) in [6, 6.07) is 8.52. The molecule has 3 N–H and O–H groups in total. The molecular weight excluding hydrogens is 324 g/mol. The van der Waals surface area contributed by atoms with E-state index in [1.165, 1.54) is 11.1 Å². The molecule has 2 aliphatic rings. The van der Waals surface area contributed by atoms with Crippen LogP contribution in [0.5, 0.6) is 0 Å². The summed E-state index contributed by atoms with van der Waals surface area (Å²) in [4.78, 5) is 12.7. The maximum Gasteiger partial charge on any atom is 0.240 e. The van der Waals surface area contributed by atoms with E-state index < -0.39 is 5.54 Å². The highest BCUT2D eigenvalue weighted by Crippen LogP contribution is 2.49. The summed E-state index contributed by atoms with van der Waals surface area (Å²) in [5.74, 6) is 0.368. The topological polar surface area (TPSA) is 64.3 Å². The van der Waals surface area contributed by atoms with Crippen LogP contribution < -0.4 is 11.1 Å². The van der Waals surface area contributed by atoms with E-state index in [4.69, 9.17) is 10.5 Å². The van der Waals surface area contributed by atoms with Crippen LogP contribution in [0.4, 0.5) is 0 Å². The molecule has 3 unspecified atom stereocenters. The highest BCUT2D eigenvalue weighted by atomic mass is 35.5. The van der Waals surface area contributed by atoms with E-state index in [9.17, 15) is 4.79 Å². The van der Waals surface area contributed by atoms with Crippen molar-refractivity contribution < 1.29 is 9.53 Å². The van der Waals surface area contributed by atoms with Crippen LogP contribution in [0.15, 0.2) is 24.3 Å². The Kier molecular flexibility index (Phi) is 5.63. The second kappa shape index (κ2) is 7.03. The number of benzene rings is 1. The number of carbonyl (C=O) groups excluding carboxylic acids is 1. The first kappa shape index (κ1) is 19.2. The van der Waals surface area contributed by atoms with Crippen molar-refractivity contribution in [1.29, 1.82) is 0 Å². The van der Waals surface area contributed by atoms with Crippen LogP contribution >= 0.6 is 12.4 Å². The van der Waals surface area contributed by atoms with Gasteiger partial charge in [-0.3, -0.25) is 4.79 Å². The van der Waals surface area contributed by atoms with Gasteiger partial charge in [-0.05, 0) is 30.9 Å². The van der Waals surface area contributed by atoms with E-state index in [-0.39, 0.29) is 29.8 Å². The van der Waals surface area contributed by atoms with Crippen molar-refractivity contribution in [2.45, 2.75) is 57.6 Å². The maximum atomic E-state index is 12.7. The number of rotatable bonds is 5. The molecule has 1 fully saturated rings. The molecule has 1 saturated carbocycles. The molecule has 3 rings (SSSR count). The summed E-state index contributed by atoms with van der Waals surface area (Å²) in [5, 5.41) is 3.11. The normalized spacial score (nSPS) is 30.0. The Balaban J connectivity index is 0.00000208. The van der Waals surface area contributed by atoms with Gasteiger partial charge in [0.2, 0.25) is 5.91 Å². The summed E-state index contributed by atoms with van der Waals surface area (Å²) in [5.41, 5.74) is 8.06. The maximum absolute atomic E-state index is 12.7. The minimum atomic E-state index is -0.828. The van der Waals surface area contributed by atoms with Gasteiger partial charge in [0.05, 0.1) is 6.10 Å². The Bertz CT molecular complexity index is 605. The first-order valence-electron chi connectivity index (χ1n) is 8.66. The van der Waals surface area contributed by atoms with Gasteiger partial charge in [-0.2, -0.15) is 0 Å². The lowest BCUT2D eigenvalue weighted by atomic mass is 9.54. The van der Waals surface area contributed by atoms with Crippen molar-refractivity contribution in [2.75, 3.05) is 13.2 Å². The molecule has 1 aromatic rings. The van der Waals surface area contributed by atoms with Gasteiger partial charge >= 0.3 is 0 Å². The molecule has 5 heteroatoms. The van der Waals surface area contributed by atoms with Crippen LogP contribution in [0, 0.1) is 5.41 Å². The molecule has 4 nitrogen and oxygen atoms in total. The van der Waals surface area contributed by atoms with Crippen molar-refractivity contribution in [3.8, 4) is 0 Å². The molecular formula is C19H29ClN2O2. The lowest BCUT2D eigenvalue weighted by molar-refractivity contribution is -0.170. The van der Waals surface area contributed by atoms with Gasteiger partial charge in [0, 0.05) is 30.9 Å². The van der Waals surface area contributed by atoms with E-state index in [1.54, 1.807) is 0 Å². The van der Waals surface area contributed by atoms with Crippen molar-refractivity contribution in [3.63, 3.8) is 0 Å². The third-order valence-electron chi connectivity index (χ3n) is 6.00. The SMILES string of the molecule is CCOC1CC(N)(C(=O)NCC2CCc3ccccc32)C1(C)C.Cl. The van der Waals surface area contributed by atoms with Crippen molar-refractivity contribution in [3.05, 3.63) is 35.4 Å². The Morgan fingerprint density at radius 1 is 1.38 bits per heavy atom. The van der Waals surface area contributed by atoms with Crippen LogP contribution in [0.25, 0.3) is 0 Å². The standard InChI is InChI=1S/C19H28N2O2.ClH/c1-4-23-16-11-19(20,18(16,2)3)17(22)21-12-14-10-9-13-7-5-6-8-15(13)14;/h5-8,14,16H,4,9-12,20H2,1-3H3,(H,21,22);1H. The van der Waals surface area contributed by atoms with Gasteiger partial charge in [-0.15, -0.1) is 12.4 Å². The molecule has 0 heterocycles. The quantitative estimate of drug-likeness (QED) is 0.856. The molecule has 0 aromatic heterocycles. The number of carbonyl (C=O) groups is 1. The monoisotopic (exact) mass is 352 g/mol. The number of halogens is 1.